The van der Waals surface area contributed by atoms with Crippen LogP contribution in [0.4, 0.5) is 8.78 Å². The zero-order valence-corrected chi connectivity index (χ0v) is 10.7. The first kappa shape index (κ1) is 15.1. The van der Waals surface area contributed by atoms with E-state index < -0.39 is 23.4 Å². The Morgan fingerprint density at radius 1 is 1.32 bits per heavy atom. The van der Waals surface area contributed by atoms with Crippen molar-refractivity contribution in [2.24, 2.45) is 0 Å². The van der Waals surface area contributed by atoms with E-state index in [1.165, 1.54) is 12.1 Å². The van der Waals surface area contributed by atoms with Gasteiger partial charge in [0, 0.05) is 12.5 Å². The number of aryl methyl sites for hydroxylation is 1. The van der Waals surface area contributed by atoms with E-state index in [1.807, 2.05) is 6.92 Å². The minimum atomic E-state index is -0.722. The van der Waals surface area contributed by atoms with Crippen LogP contribution in [0.5, 0.6) is 5.75 Å². The van der Waals surface area contributed by atoms with Crippen LogP contribution in [0.15, 0.2) is 24.8 Å². The Labute approximate surface area is 110 Å². The van der Waals surface area contributed by atoms with Gasteiger partial charge in [0.1, 0.15) is 0 Å². The van der Waals surface area contributed by atoms with Crippen LogP contribution in [0.3, 0.4) is 0 Å². The van der Waals surface area contributed by atoms with Gasteiger partial charge in [0.05, 0.1) is 13.2 Å². The van der Waals surface area contributed by atoms with Gasteiger partial charge in [-0.05, 0) is 24.1 Å². The Morgan fingerprint density at radius 2 is 1.95 bits per heavy atom. The molecule has 0 fully saturated rings. The molecule has 3 nitrogen and oxygen atoms in total. The van der Waals surface area contributed by atoms with Crippen molar-refractivity contribution >= 4 is 5.97 Å². The van der Waals surface area contributed by atoms with Gasteiger partial charge in [0.2, 0.25) is 0 Å². The number of benzene rings is 1. The summed E-state index contributed by atoms with van der Waals surface area (Å²) in [6.45, 7) is 5.22. The van der Waals surface area contributed by atoms with E-state index in [9.17, 15) is 13.6 Å². The highest BCUT2D eigenvalue weighted by Crippen LogP contribution is 2.23. The van der Waals surface area contributed by atoms with Gasteiger partial charge in [-0.3, -0.25) is 0 Å². The molecule has 0 aliphatic rings. The molecule has 19 heavy (non-hydrogen) atoms. The van der Waals surface area contributed by atoms with Crippen molar-refractivity contribution in [3.63, 3.8) is 0 Å². The van der Waals surface area contributed by atoms with Gasteiger partial charge in [-0.1, -0.05) is 13.5 Å². The molecule has 0 saturated carbocycles. The molecular weight excluding hydrogens is 254 g/mol. The van der Waals surface area contributed by atoms with E-state index in [1.54, 1.807) is 0 Å². The number of carbonyl (C=O) groups is 1. The normalized spacial score (nSPS) is 10.1. The zero-order chi connectivity index (χ0) is 14.3. The minimum absolute atomic E-state index is 0.0593. The molecule has 0 radical (unpaired) electrons. The predicted molar refractivity (Wildman–Crippen MR) is 67.0 cm³/mol. The maximum absolute atomic E-state index is 13.5. The van der Waals surface area contributed by atoms with Crippen molar-refractivity contribution in [2.75, 3.05) is 13.2 Å². The summed E-state index contributed by atoms with van der Waals surface area (Å²) in [5.74, 6) is -2.38. The molecule has 0 bridgehead atoms. The van der Waals surface area contributed by atoms with E-state index in [2.05, 4.69) is 6.58 Å². The fourth-order valence-corrected chi connectivity index (χ4v) is 1.42. The monoisotopic (exact) mass is 270 g/mol. The SMILES string of the molecule is C=CC(=O)OCCCOc1c(F)cc(CC)cc1F. The van der Waals surface area contributed by atoms with Crippen molar-refractivity contribution in [1.29, 1.82) is 0 Å². The van der Waals surface area contributed by atoms with Gasteiger partial charge in [-0.2, -0.15) is 0 Å². The van der Waals surface area contributed by atoms with Crippen molar-refractivity contribution in [3.8, 4) is 5.75 Å². The minimum Gasteiger partial charge on any atom is -0.487 e. The summed E-state index contributed by atoms with van der Waals surface area (Å²) in [6, 6.07) is 2.49. The number of ether oxygens (including phenoxy) is 2. The average Bonchev–Trinajstić information content (AvgIpc) is 2.40. The Bertz CT molecular complexity index is 435. The summed E-state index contributed by atoms with van der Waals surface area (Å²) in [7, 11) is 0. The summed E-state index contributed by atoms with van der Waals surface area (Å²) in [6.07, 6.45) is 1.93. The summed E-state index contributed by atoms with van der Waals surface area (Å²) < 4.78 is 36.8. The number of esters is 1. The highest BCUT2D eigenvalue weighted by Gasteiger charge is 2.12. The third-order valence-corrected chi connectivity index (χ3v) is 2.41. The number of carbonyl (C=O) groups excluding carboxylic acids is 1. The second-order valence-electron chi connectivity index (χ2n) is 3.82. The predicted octanol–water partition coefficient (Wildman–Crippen LogP) is 3.03. The molecule has 0 unspecified atom stereocenters. The van der Waals surface area contributed by atoms with Crippen molar-refractivity contribution in [1.82, 2.24) is 0 Å². The second kappa shape index (κ2) is 7.51. The lowest BCUT2D eigenvalue weighted by molar-refractivity contribution is -0.137. The second-order valence-corrected chi connectivity index (χ2v) is 3.82. The van der Waals surface area contributed by atoms with Gasteiger partial charge in [-0.25, -0.2) is 13.6 Å². The van der Waals surface area contributed by atoms with Crippen LogP contribution in [0.25, 0.3) is 0 Å². The van der Waals surface area contributed by atoms with Gasteiger partial charge in [-0.15, -0.1) is 0 Å². The molecule has 0 atom stereocenters. The van der Waals surface area contributed by atoms with Gasteiger partial charge < -0.3 is 9.47 Å². The molecular formula is C14H16F2O3. The number of hydrogen-bond donors (Lipinski definition) is 0. The lowest BCUT2D eigenvalue weighted by atomic mass is 10.1. The fourth-order valence-electron chi connectivity index (χ4n) is 1.42. The Balaban J connectivity index is 2.45. The average molecular weight is 270 g/mol. The highest BCUT2D eigenvalue weighted by molar-refractivity contribution is 5.81. The lowest BCUT2D eigenvalue weighted by Crippen LogP contribution is -2.08. The molecule has 0 amide bonds. The largest absolute Gasteiger partial charge is 0.487 e. The highest BCUT2D eigenvalue weighted by atomic mass is 19.1. The maximum atomic E-state index is 13.5. The van der Waals surface area contributed by atoms with E-state index in [0.717, 1.165) is 6.08 Å². The molecule has 1 aromatic rings. The third-order valence-electron chi connectivity index (χ3n) is 2.41. The smallest absolute Gasteiger partial charge is 0.330 e. The molecule has 0 saturated heterocycles. The van der Waals surface area contributed by atoms with Crippen molar-refractivity contribution in [3.05, 3.63) is 42.0 Å². The Hall–Kier alpha value is -1.91. The molecule has 0 aromatic heterocycles. The maximum Gasteiger partial charge on any atom is 0.330 e. The summed E-state index contributed by atoms with van der Waals surface area (Å²) >= 11 is 0. The Kier molecular flexibility index (Phi) is 5.99. The van der Waals surface area contributed by atoms with Crippen LogP contribution in [0.1, 0.15) is 18.9 Å². The van der Waals surface area contributed by atoms with Crippen LogP contribution in [0.2, 0.25) is 0 Å². The number of halogens is 2. The molecule has 5 heteroatoms. The first-order valence-electron chi connectivity index (χ1n) is 5.98. The van der Waals surface area contributed by atoms with E-state index in [-0.39, 0.29) is 13.2 Å². The molecule has 0 N–H and O–H groups in total. The molecule has 1 rings (SSSR count). The fraction of sp³-hybridized carbons (Fsp3) is 0.357. The van der Waals surface area contributed by atoms with Crippen LogP contribution < -0.4 is 4.74 Å². The van der Waals surface area contributed by atoms with Crippen LogP contribution in [0, 0.1) is 11.6 Å². The van der Waals surface area contributed by atoms with Crippen LogP contribution in [-0.4, -0.2) is 19.2 Å². The van der Waals surface area contributed by atoms with E-state index >= 15 is 0 Å². The first-order valence-corrected chi connectivity index (χ1v) is 5.98. The summed E-state index contributed by atoms with van der Waals surface area (Å²) in [5, 5.41) is 0. The number of hydrogen-bond acceptors (Lipinski definition) is 3. The lowest BCUT2D eigenvalue weighted by Gasteiger charge is -2.09. The quantitative estimate of drug-likeness (QED) is 0.434. The third kappa shape index (κ3) is 4.69. The molecule has 0 spiro atoms. The molecule has 104 valence electrons. The molecule has 0 aliphatic heterocycles. The summed E-state index contributed by atoms with van der Waals surface area (Å²) in [5.41, 5.74) is 0.572. The molecule has 1 aromatic carbocycles. The Morgan fingerprint density at radius 3 is 2.47 bits per heavy atom. The zero-order valence-electron chi connectivity index (χ0n) is 10.7. The molecule has 0 heterocycles. The topological polar surface area (TPSA) is 35.5 Å². The summed E-state index contributed by atoms with van der Waals surface area (Å²) in [4.78, 5) is 10.7. The van der Waals surface area contributed by atoms with Gasteiger partial charge >= 0.3 is 5.97 Å². The van der Waals surface area contributed by atoms with Crippen LogP contribution >= 0.6 is 0 Å². The molecule has 0 aliphatic carbocycles. The van der Waals surface area contributed by atoms with Gasteiger partial charge in [0.15, 0.2) is 17.4 Å². The van der Waals surface area contributed by atoms with Crippen LogP contribution in [-0.2, 0) is 16.0 Å². The van der Waals surface area contributed by atoms with Crippen molar-refractivity contribution in [2.45, 2.75) is 19.8 Å². The van der Waals surface area contributed by atoms with E-state index in [0.29, 0.717) is 18.4 Å². The first-order chi connectivity index (χ1) is 9.08. The standard InChI is InChI=1S/C14H16F2O3/c1-3-10-8-11(15)14(12(16)9-10)19-7-5-6-18-13(17)4-2/h4,8-9H,2-3,5-7H2,1H3. The van der Waals surface area contributed by atoms with Crippen molar-refractivity contribution < 1.29 is 23.0 Å². The number of rotatable bonds is 7. The van der Waals surface area contributed by atoms with E-state index in [4.69, 9.17) is 9.47 Å². The van der Waals surface area contributed by atoms with Gasteiger partial charge in [0.25, 0.3) is 0 Å².